The Hall–Kier alpha value is 0.375. The molecule has 0 atom stereocenters. The van der Waals surface area contributed by atoms with Crippen LogP contribution in [0, 0.1) is 5.92 Å². The molecular weight excluding hydrogens is 179 g/mol. The predicted octanol–water partition coefficient (Wildman–Crippen LogP) is 3.45. The van der Waals surface area contributed by atoms with Crippen molar-refractivity contribution in [2.24, 2.45) is 5.92 Å². The molecule has 0 radical (unpaired) electrons. The van der Waals surface area contributed by atoms with Crippen LogP contribution < -0.4 is 0 Å². The number of hydrogen-bond acceptors (Lipinski definition) is 2. The fourth-order valence-electron chi connectivity index (χ4n) is 1.61. The molecule has 0 unspecified atom stereocenters. The lowest BCUT2D eigenvalue weighted by Crippen LogP contribution is -2.06. The van der Waals surface area contributed by atoms with Gasteiger partial charge in [0.25, 0.3) is 0 Å². The van der Waals surface area contributed by atoms with Gasteiger partial charge in [0, 0.05) is 12.4 Å². The predicted molar refractivity (Wildman–Crippen MR) is 62.3 cm³/mol. The lowest BCUT2D eigenvalue weighted by molar-refractivity contribution is 0.367. The molecule has 0 aromatic carbocycles. The Kier molecular flexibility index (Phi) is 5.97. The molecule has 1 aliphatic heterocycles. The van der Waals surface area contributed by atoms with Crippen LogP contribution in [0.2, 0.25) is 6.32 Å². The van der Waals surface area contributed by atoms with Crippen molar-refractivity contribution in [1.82, 2.24) is 0 Å². The Labute approximate surface area is 87.0 Å². The van der Waals surface area contributed by atoms with Gasteiger partial charge in [0.2, 0.25) is 0 Å². The zero-order valence-corrected chi connectivity index (χ0v) is 9.74. The zero-order valence-electron chi connectivity index (χ0n) is 8.92. The van der Waals surface area contributed by atoms with Gasteiger partial charge >= 0.3 is 6.19 Å². The van der Waals surface area contributed by atoms with E-state index < -0.39 is 0 Å². The maximum absolute atomic E-state index is 5.54. The van der Waals surface area contributed by atoms with E-state index in [0.29, 0.717) is 6.19 Å². The second-order valence-corrected chi connectivity index (χ2v) is 5.47. The largest absolute Gasteiger partial charge is 0.425 e. The van der Waals surface area contributed by atoms with Crippen LogP contribution in [0.1, 0.15) is 39.5 Å². The summed E-state index contributed by atoms with van der Waals surface area (Å²) in [6.45, 7) is 5.58. The maximum atomic E-state index is 5.54. The van der Waals surface area contributed by atoms with Crippen LogP contribution in [0.25, 0.3) is 0 Å². The van der Waals surface area contributed by atoms with Crippen molar-refractivity contribution in [2.45, 2.75) is 45.9 Å². The minimum absolute atomic E-state index is 0.527. The van der Waals surface area contributed by atoms with Crippen LogP contribution in [-0.4, -0.2) is 18.6 Å². The number of hydrogen-bond donors (Lipinski definition) is 0. The summed E-state index contributed by atoms with van der Waals surface area (Å²) >= 11 is 1.98. The third-order valence-electron chi connectivity index (χ3n) is 2.41. The quantitative estimate of drug-likeness (QED) is 0.479. The molecule has 1 heterocycles. The monoisotopic (exact) mass is 200 g/mol. The van der Waals surface area contributed by atoms with Crippen LogP contribution in [0.15, 0.2) is 0 Å². The molecule has 0 saturated carbocycles. The molecule has 13 heavy (non-hydrogen) atoms. The highest BCUT2D eigenvalue weighted by atomic mass is 32.2. The highest BCUT2D eigenvalue weighted by Crippen LogP contribution is 2.22. The van der Waals surface area contributed by atoms with E-state index in [-0.39, 0.29) is 0 Å². The molecule has 0 spiro atoms. The van der Waals surface area contributed by atoms with E-state index in [1.54, 1.807) is 0 Å². The first-order chi connectivity index (χ1) is 6.29. The second-order valence-electron chi connectivity index (χ2n) is 4.20. The average Bonchev–Trinajstić information content (AvgIpc) is 2.55. The maximum Gasteiger partial charge on any atom is 0.361 e. The Morgan fingerprint density at radius 3 is 2.77 bits per heavy atom. The summed E-state index contributed by atoms with van der Waals surface area (Å²) in [4.78, 5) is 0. The van der Waals surface area contributed by atoms with E-state index >= 15 is 0 Å². The van der Waals surface area contributed by atoms with Crippen LogP contribution in [0.5, 0.6) is 0 Å². The highest BCUT2D eigenvalue weighted by molar-refractivity contribution is 8.25. The van der Waals surface area contributed by atoms with Gasteiger partial charge in [-0.1, -0.05) is 39.5 Å². The summed E-state index contributed by atoms with van der Waals surface area (Å²) < 4.78 is 5.54. The standard InChI is InChI=1S/C10H21BOS/c1-10(2)6-4-3-5-7-11-12-8-9-13-11/h10H,3-9H2,1-2H3. The first kappa shape index (κ1) is 11.4. The van der Waals surface area contributed by atoms with Gasteiger partial charge in [-0.25, -0.2) is 0 Å². The summed E-state index contributed by atoms with van der Waals surface area (Å²) in [5, 5.41) is 0. The molecule has 0 N–H and O–H groups in total. The molecule has 0 bridgehead atoms. The molecule has 0 aromatic heterocycles. The van der Waals surface area contributed by atoms with Crippen molar-refractivity contribution in [3.05, 3.63) is 0 Å². The van der Waals surface area contributed by atoms with Crippen molar-refractivity contribution in [3.8, 4) is 0 Å². The molecular formula is C10H21BOS. The van der Waals surface area contributed by atoms with Crippen LogP contribution >= 0.6 is 11.6 Å². The Balaban J connectivity index is 1.83. The lowest BCUT2D eigenvalue weighted by Gasteiger charge is -2.05. The third kappa shape index (κ3) is 5.63. The fraction of sp³-hybridized carbons (Fsp3) is 1.00. The van der Waals surface area contributed by atoms with E-state index in [1.165, 1.54) is 37.8 Å². The number of rotatable bonds is 6. The van der Waals surface area contributed by atoms with Crippen molar-refractivity contribution in [2.75, 3.05) is 12.4 Å². The summed E-state index contributed by atoms with van der Waals surface area (Å²) in [6, 6.07) is 0. The van der Waals surface area contributed by atoms with E-state index in [0.717, 1.165) is 12.5 Å². The van der Waals surface area contributed by atoms with Crippen molar-refractivity contribution < 1.29 is 4.65 Å². The minimum atomic E-state index is 0.527. The smallest absolute Gasteiger partial charge is 0.361 e. The van der Waals surface area contributed by atoms with E-state index in [2.05, 4.69) is 13.8 Å². The summed E-state index contributed by atoms with van der Waals surface area (Å²) in [5.74, 6) is 2.08. The lowest BCUT2D eigenvalue weighted by atomic mass is 9.88. The molecule has 76 valence electrons. The van der Waals surface area contributed by atoms with E-state index in [9.17, 15) is 0 Å². The van der Waals surface area contributed by atoms with E-state index in [1.807, 2.05) is 11.6 Å². The summed E-state index contributed by atoms with van der Waals surface area (Å²) in [7, 11) is 0. The van der Waals surface area contributed by atoms with Gasteiger partial charge in [0.1, 0.15) is 0 Å². The van der Waals surface area contributed by atoms with Gasteiger partial charge < -0.3 is 4.65 Å². The zero-order chi connectivity index (χ0) is 9.52. The molecule has 0 aromatic rings. The fourth-order valence-corrected chi connectivity index (χ4v) is 2.60. The SMILES string of the molecule is CC(C)CCCCCB1OCCS1. The molecule has 1 rings (SSSR count). The second kappa shape index (κ2) is 6.77. The highest BCUT2D eigenvalue weighted by Gasteiger charge is 2.20. The van der Waals surface area contributed by atoms with Gasteiger partial charge in [-0.2, -0.15) is 11.6 Å². The van der Waals surface area contributed by atoms with Crippen molar-refractivity contribution in [1.29, 1.82) is 0 Å². The minimum Gasteiger partial charge on any atom is -0.425 e. The summed E-state index contributed by atoms with van der Waals surface area (Å²) in [5.41, 5.74) is 0. The van der Waals surface area contributed by atoms with Crippen molar-refractivity contribution in [3.63, 3.8) is 0 Å². The Morgan fingerprint density at radius 2 is 2.15 bits per heavy atom. The molecule has 1 saturated heterocycles. The van der Waals surface area contributed by atoms with E-state index in [4.69, 9.17) is 4.65 Å². The Bertz CT molecular complexity index is 124. The van der Waals surface area contributed by atoms with Gasteiger partial charge in [-0.15, -0.1) is 0 Å². The van der Waals surface area contributed by atoms with Gasteiger partial charge in [0.15, 0.2) is 0 Å². The van der Waals surface area contributed by atoms with Gasteiger partial charge in [0.05, 0.1) is 0 Å². The van der Waals surface area contributed by atoms with Crippen LogP contribution in [-0.2, 0) is 4.65 Å². The van der Waals surface area contributed by atoms with Gasteiger partial charge in [-0.05, 0) is 12.2 Å². The molecule has 1 aliphatic rings. The molecule has 3 heteroatoms. The van der Waals surface area contributed by atoms with Crippen molar-refractivity contribution >= 4 is 17.8 Å². The topological polar surface area (TPSA) is 9.23 Å². The number of unbranched alkanes of at least 4 members (excludes halogenated alkanes) is 2. The summed E-state index contributed by atoms with van der Waals surface area (Å²) in [6.07, 6.45) is 7.32. The molecule has 0 aliphatic carbocycles. The molecule has 0 amide bonds. The molecule has 1 nitrogen and oxygen atoms in total. The average molecular weight is 200 g/mol. The van der Waals surface area contributed by atoms with Gasteiger partial charge in [-0.3, -0.25) is 0 Å². The Morgan fingerprint density at radius 1 is 1.31 bits per heavy atom. The normalized spacial score (nSPS) is 17.3. The first-order valence-electron chi connectivity index (χ1n) is 5.52. The molecule has 1 fully saturated rings. The first-order valence-corrected chi connectivity index (χ1v) is 6.57. The van der Waals surface area contributed by atoms with Crippen LogP contribution in [0.4, 0.5) is 0 Å². The third-order valence-corrected chi connectivity index (χ3v) is 3.56. The van der Waals surface area contributed by atoms with Crippen LogP contribution in [0.3, 0.4) is 0 Å².